The zero-order valence-corrected chi connectivity index (χ0v) is 12.4. The lowest BCUT2D eigenvalue weighted by Crippen LogP contribution is -2.40. The van der Waals surface area contributed by atoms with E-state index >= 15 is 0 Å². The van der Waals surface area contributed by atoms with Gasteiger partial charge in [-0.1, -0.05) is 0 Å². The van der Waals surface area contributed by atoms with Crippen LogP contribution in [0.4, 0.5) is 5.82 Å². The number of nitrogens with one attached hydrogen (secondary N) is 1. The van der Waals surface area contributed by atoms with Crippen LogP contribution in [0.15, 0.2) is 12.4 Å². The van der Waals surface area contributed by atoms with Crippen LogP contribution in [0, 0.1) is 3.70 Å². The predicted octanol–water partition coefficient (Wildman–Crippen LogP) is 0.797. The number of hydrogen-bond acceptors (Lipinski definition) is 5. The summed E-state index contributed by atoms with van der Waals surface area (Å²) in [6, 6.07) is 1.98. The van der Waals surface area contributed by atoms with Crippen LogP contribution in [0.1, 0.15) is 0 Å². The van der Waals surface area contributed by atoms with Crippen LogP contribution in [-0.4, -0.2) is 48.0 Å². The molecule has 3 rings (SSSR count). The van der Waals surface area contributed by atoms with Gasteiger partial charge in [0.25, 0.3) is 0 Å². The number of nitrogens with zero attached hydrogens (tertiary/aromatic N) is 3. The lowest BCUT2D eigenvalue weighted by Gasteiger charge is -2.27. The van der Waals surface area contributed by atoms with Crippen molar-refractivity contribution in [1.29, 1.82) is 0 Å². The highest BCUT2D eigenvalue weighted by atomic mass is 127. The first-order chi connectivity index (χ1) is 8.55. The topological polar surface area (TPSA) is 79.0 Å². The van der Waals surface area contributed by atoms with Gasteiger partial charge >= 0.3 is 0 Å². The summed E-state index contributed by atoms with van der Waals surface area (Å²) in [5.41, 5.74) is 0.790. The van der Waals surface area contributed by atoms with Crippen LogP contribution in [0.3, 0.4) is 0 Å². The molecular formula is C10H11IN4O2S. The van der Waals surface area contributed by atoms with Crippen molar-refractivity contribution in [2.45, 2.75) is 0 Å². The average Bonchev–Trinajstić information content (AvgIpc) is 2.69. The maximum Gasteiger partial charge on any atom is 0.153 e. The molecule has 0 aromatic carbocycles. The van der Waals surface area contributed by atoms with E-state index in [1.807, 2.05) is 11.0 Å². The third kappa shape index (κ3) is 2.18. The van der Waals surface area contributed by atoms with Crippen molar-refractivity contribution in [3.63, 3.8) is 0 Å². The molecule has 0 bridgehead atoms. The molecule has 2 aromatic heterocycles. The Kier molecular flexibility index (Phi) is 2.93. The quantitative estimate of drug-likeness (QED) is 0.743. The maximum absolute atomic E-state index is 11.4. The monoisotopic (exact) mass is 378 g/mol. The van der Waals surface area contributed by atoms with E-state index < -0.39 is 9.84 Å². The largest absolute Gasteiger partial charge is 0.354 e. The molecule has 1 N–H and O–H groups in total. The number of anilines is 1. The van der Waals surface area contributed by atoms with Crippen molar-refractivity contribution in [3.8, 4) is 0 Å². The van der Waals surface area contributed by atoms with E-state index in [0.29, 0.717) is 13.1 Å². The molecule has 0 radical (unpaired) electrons. The molecule has 1 aliphatic rings. The predicted molar refractivity (Wildman–Crippen MR) is 77.5 cm³/mol. The molecule has 2 aromatic rings. The molecule has 0 spiro atoms. The highest BCUT2D eigenvalue weighted by Crippen LogP contribution is 2.25. The second kappa shape index (κ2) is 4.34. The summed E-state index contributed by atoms with van der Waals surface area (Å²) >= 11 is 2.19. The summed E-state index contributed by atoms with van der Waals surface area (Å²) in [7, 11) is -2.87. The highest BCUT2D eigenvalue weighted by Gasteiger charge is 2.24. The van der Waals surface area contributed by atoms with Gasteiger partial charge in [-0.25, -0.2) is 18.4 Å². The van der Waals surface area contributed by atoms with Crippen LogP contribution in [0.2, 0.25) is 0 Å². The fraction of sp³-hybridized carbons (Fsp3) is 0.400. The molecule has 8 heteroatoms. The van der Waals surface area contributed by atoms with E-state index in [0.717, 1.165) is 20.6 Å². The van der Waals surface area contributed by atoms with Crippen LogP contribution >= 0.6 is 22.6 Å². The molecule has 0 atom stereocenters. The van der Waals surface area contributed by atoms with Crippen molar-refractivity contribution in [2.24, 2.45) is 0 Å². The van der Waals surface area contributed by atoms with E-state index in [2.05, 4.69) is 37.5 Å². The first kappa shape index (κ1) is 12.2. The number of sulfone groups is 1. The molecule has 3 heterocycles. The lowest BCUT2D eigenvalue weighted by atomic mass is 10.3. The Balaban J connectivity index is 2.00. The van der Waals surface area contributed by atoms with Crippen LogP contribution in [0.25, 0.3) is 11.0 Å². The molecule has 0 aliphatic carbocycles. The molecule has 6 nitrogen and oxygen atoms in total. The third-order valence-electron chi connectivity index (χ3n) is 3.02. The molecule has 18 heavy (non-hydrogen) atoms. The van der Waals surface area contributed by atoms with Gasteiger partial charge in [-0.3, -0.25) is 0 Å². The van der Waals surface area contributed by atoms with Crippen molar-refractivity contribution >= 4 is 49.3 Å². The summed E-state index contributed by atoms with van der Waals surface area (Å²) in [6.45, 7) is 0.992. The van der Waals surface area contributed by atoms with Gasteiger partial charge in [-0.05, 0) is 28.7 Å². The zero-order valence-electron chi connectivity index (χ0n) is 9.43. The Morgan fingerprint density at radius 3 is 2.72 bits per heavy atom. The summed E-state index contributed by atoms with van der Waals surface area (Å²) in [5, 5.41) is 0.946. The average molecular weight is 378 g/mol. The van der Waals surface area contributed by atoms with Gasteiger partial charge < -0.3 is 9.88 Å². The highest BCUT2D eigenvalue weighted by molar-refractivity contribution is 14.1. The summed E-state index contributed by atoms with van der Waals surface area (Å²) in [4.78, 5) is 13.6. The molecule has 0 unspecified atom stereocenters. The van der Waals surface area contributed by atoms with Crippen LogP contribution in [0.5, 0.6) is 0 Å². The van der Waals surface area contributed by atoms with E-state index in [4.69, 9.17) is 0 Å². The van der Waals surface area contributed by atoms with Gasteiger partial charge in [0.2, 0.25) is 0 Å². The molecule has 96 valence electrons. The summed E-state index contributed by atoms with van der Waals surface area (Å²) in [5.74, 6) is 1.20. The van der Waals surface area contributed by atoms with Gasteiger partial charge in [-0.15, -0.1) is 0 Å². The van der Waals surface area contributed by atoms with Crippen molar-refractivity contribution in [1.82, 2.24) is 15.0 Å². The maximum atomic E-state index is 11.4. The Morgan fingerprint density at radius 1 is 1.28 bits per heavy atom. The van der Waals surface area contributed by atoms with Gasteiger partial charge in [0.15, 0.2) is 9.84 Å². The van der Waals surface area contributed by atoms with E-state index in [-0.39, 0.29) is 11.5 Å². The number of halogens is 1. The normalized spacial score (nSPS) is 19.3. The minimum Gasteiger partial charge on any atom is -0.354 e. The number of rotatable bonds is 1. The summed E-state index contributed by atoms with van der Waals surface area (Å²) in [6.07, 6.45) is 1.51. The molecule has 0 saturated carbocycles. The number of H-pyrrole nitrogens is 1. The Hall–Kier alpha value is -0.900. The Morgan fingerprint density at radius 2 is 2.00 bits per heavy atom. The van der Waals surface area contributed by atoms with Crippen LogP contribution < -0.4 is 4.90 Å². The molecule has 1 saturated heterocycles. The van der Waals surface area contributed by atoms with Gasteiger partial charge in [0.1, 0.15) is 17.8 Å². The first-order valence-corrected chi connectivity index (χ1v) is 8.40. The second-order valence-corrected chi connectivity index (χ2v) is 7.68. The van der Waals surface area contributed by atoms with E-state index in [1.54, 1.807) is 0 Å². The minimum atomic E-state index is -2.87. The van der Waals surface area contributed by atoms with E-state index in [1.165, 1.54) is 6.33 Å². The minimum absolute atomic E-state index is 0.194. The van der Waals surface area contributed by atoms with Gasteiger partial charge in [0.05, 0.1) is 20.6 Å². The van der Waals surface area contributed by atoms with Gasteiger partial charge in [0, 0.05) is 13.1 Å². The van der Waals surface area contributed by atoms with Crippen molar-refractivity contribution < 1.29 is 8.42 Å². The van der Waals surface area contributed by atoms with E-state index in [9.17, 15) is 8.42 Å². The lowest BCUT2D eigenvalue weighted by molar-refractivity contribution is 0.586. The number of hydrogen-bond donors (Lipinski definition) is 1. The van der Waals surface area contributed by atoms with Crippen molar-refractivity contribution in [2.75, 3.05) is 29.5 Å². The Bertz CT molecular complexity index is 683. The molecule has 1 fully saturated rings. The number of fused-ring (bicyclic) bond motifs is 1. The summed E-state index contributed by atoms with van der Waals surface area (Å²) < 4.78 is 23.9. The molecule has 0 amide bonds. The standard InChI is InChI=1S/C10H11IN4O2S/c11-8-5-7-9(14-8)12-6-13-10(7)15-1-3-18(16,17)4-2-15/h5-6H,1-4H2,(H,12,13,14). The number of aromatic amines is 1. The van der Waals surface area contributed by atoms with Crippen LogP contribution in [-0.2, 0) is 9.84 Å². The first-order valence-electron chi connectivity index (χ1n) is 5.50. The number of aromatic nitrogens is 3. The second-order valence-electron chi connectivity index (χ2n) is 4.22. The zero-order chi connectivity index (χ0) is 12.8. The fourth-order valence-electron chi connectivity index (χ4n) is 2.07. The Labute approximate surface area is 118 Å². The molecule has 1 aliphatic heterocycles. The van der Waals surface area contributed by atoms with Gasteiger partial charge in [-0.2, -0.15) is 0 Å². The molecular weight excluding hydrogens is 367 g/mol. The third-order valence-corrected chi connectivity index (χ3v) is 5.21. The fourth-order valence-corrected chi connectivity index (χ4v) is 3.84. The SMILES string of the molecule is O=S1(=O)CCN(c2ncnc3[nH]c(I)cc23)CC1. The van der Waals surface area contributed by atoms with Crippen molar-refractivity contribution in [3.05, 3.63) is 16.1 Å². The smallest absolute Gasteiger partial charge is 0.153 e.